The fraction of sp³-hybridized carbons (Fsp3) is 0.250. The van der Waals surface area contributed by atoms with Gasteiger partial charge in [0.2, 0.25) is 5.88 Å². The number of carboxylic acids is 1. The first-order valence-corrected chi connectivity index (χ1v) is 7.18. The molecular formula is C16H17N3O5. The second-order valence-electron chi connectivity index (χ2n) is 5.17. The highest BCUT2D eigenvalue weighted by Gasteiger charge is 2.19. The van der Waals surface area contributed by atoms with Gasteiger partial charge < -0.3 is 10.2 Å². The molecule has 0 aliphatic heterocycles. The number of aliphatic imine (C=N–C) groups is 1. The third-order valence-electron chi connectivity index (χ3n) is 3.64. The van der Waals surface area contributed by atoms with Crippen molar-refractivity contribution >= 4 is 17.4 Å². The van der Waals surface area contributed by atoms with Gasteiger partial charge in [0.15, 0.2) is 0 Å². The van der Waals surface area contributed by atoms with Crippen LogP contribution in [0.2, 0.25) is 0 Å². The highest BCUT2D eigenvalue weighted by atomic mass is 16.4. The van der Waals surface area contributed by atoms with Crippen LogP contribution in [0.25, 0.3) is 0 Å². The SMILES string of the molecule is CCC(=Nc1ccc(C(=O)O)cc1)c1c(O)n(C)c(=O)n(C)c1=O. The molecule has 0 radical (unpaired) electrons. The van der Waals surface area contributed by atoms with Gasteiger partial charge in [-0.25, -0.2) is 9.59 Å². The number of hydrogen-bond donors (Lipinski definition) is 2. The molecule has 0 aliphatic carbocycles. The third-order valence-corrected chi connectivity index (χ3v) is 3.64. The summed E-state index contributed by atoms with van der Waals surface area (Å²) in [6, 6.07) is 5.80. The number of benzene rings is 1. The number of aromatic nitrogens is 2. The molecule has 2 aromatic rings. The Morgan fingerprint density at radius 2 is 1.71 bits per heavy atom. The van der Waals surface area contributed by atoms with Gasteiger partial charge in [0.25, 0.3) is 5.56 Å². The van der Waals surface area contributed by atoms with E-state index in [4.69, 9.17) is 5.11 Å². The minimum Gasteiger partial charge on any atom is -0.494 e. The van der Waals surface area contributed by atoms with Crippen molar-refractivity contribution in [1.82, 2.24) is 9.13 Å². The predicted octanol–water partition coefficient (Wildman–Crippen LogP) is 1.02. The summed E-state index contributed by atoms with van der Waals surface area (Å²) in [6.07, 6.45) is 0.335. The summed E-state index contributed by atoms with van der Waals surface area (Å²) in [5.74, 6) is -1.50. The van der Waals surface area contributed by atoms with Crippen molar-refractivity contribution in [2.45, 2.75) is 13.3 Å². The van der Waals surface area contributed by atoms with Gasteiger partial charge in [-0.15, -0.1) is 0 Å². The Hall–Kier alpha value is -3.16. The highest BCUT2D eigenvalue weighted by Crippen LogP contribution is 2.19. The van der Waals surface area contributed by atoms with E-state index >= 15 is 0 Å². The van der Waals surface area contributed by atoms with E-state index in [9.17, 15) is 19.5 Å². The standard InChI is InChI=1S/C16H17N3O5/c1-4-11(17-10-7-5-9(6-8-10)15(22)23)12-13(20)18(2)16(24)19(3)14(12)21/h5-8,20H,4H2,1-3H3,(H,22,23). The van der Waals surface area contributed by atoms with Crippen LogP contribution in [0.5, 0.6) is 5.88 Å². The lowest BCUT2D eigenvalue weighted by molar-refractivity contribution is 0.0697. The highest BCUT2D eigenvalue weighted by molar-refractivity contribution is 6.03. The zero-order chi connectivity index (χ0) is 18.0. The molecule has 24 heavy (non-hydrogen) atoms. The van der Waals surface area contributed by atoms with Crippen LogP contribution < -0.4 is 11.2 Å². The summed E-state index contributed by atoms with van der Waals surface area (Å²) in [5.41, 5.74) is -0.475. The molecule has 0 spiro atoms. The molecule has 0 bridgehead atoms. The van der Waals surface area contributed by atoms with Crippen molar-refractivity contribution in [2.24, 2.45) is 19.1 Å². The van der Waals surface area contributed by atoms with Crippen LogP contribution >= 0.6 is 0 Å². The maximum absolute atomic E-state index is 12.3. The number of aromatic carboxylic acids is 1. The number of hydrogen-bond acceptors (Lipinski definition) is 5. The summed E-state index contributed by atoms with van der Waals surface area (Å²) >= 11 is 0. The van der Waals surface area contributed by atoms with E-state index in [1.807, 2.05) is 0 Å². The molecule has 0 unspecified atom stereocenters. The molecule has 0 aliphatic rings. The van der Waals surface area contributed by atoms with E-state index in [0.29, 0.717) is 17.8 Å². The number of carboxylic acid groups (broad SMARTS) is 1. The normalized spacial score (nSPS) is 11.5. The van der Waals surface area contributed by atoms with Gasteiger partial charge in [0, 0.05) is 14.1 Å². The van der Waals surface area contributed by atoms with Gasteiger partial charge in [0.05, 0.1) is 17.0 Å². The maximum atomic E-state index is 12.3. The van der Waals surface area contributed by atoms with Crippen LogP contribution in [0.1, 0.15) is 29.3 Å². The molecule has 0 saturated heterocycles. The summed E-state index contributed by atoms with van der Waals surface area (Å²) in [4.78, 5) is 39.3. The number of nitrogens with zero attached hydrogens (tertiary/aromatic N) is 3. The Morgan fingerprint density at radius 3 is 2.21 bits per heavy atom. The van der Waals surface area contributed by atoms with Crippen molar-refractivity contribution in [3.05, 3.63) is 56.2 Å². The molecule has 0 saturated carbocycles. The van der Waals surface area contributed by atoms with Gasteiger partial charge in [0.1, 0.15) is 5.56 Å². The molecule has 0 atom stereocenters. The topological polar surface area (TPSA) is 114 Å². The van der Waals surface area contributed by atoms with Gasteiger partial charge in [-0.2, -0.15) is 0 Å². The first-order valence-electron chi connectivity index (χ1n) is 7.18. The zero-order valence-electron chi connectivity index (χ0n) is 13.5. The zero-order valence-corrected chi connectivity index (χ0v) is 13.5. The van der Waals surface area contributed by atoms with E-state index in [0.717, 1.165) is 9.13 Å². The largest absolute Gasteiger partial charge is 0.494 e. The molecule has 0 fully saturated rings. The number of rotatable bonds is 4. The number of aromatic hydroxyl groups is 1. The van der Waals surface area contributed by atoms with Crippen molar-refractivity contribution < 1.29 is 15.0 Å². The van der Waals surface area contributed by atoms with Crippen LogP contribution in [0.4, 0.5) is 5.69 Å². The summed E-state index contributed by atoms with van der Waals surface area (Å²) in [7, 11) is 2.68. The molecule has 1 aromatic heterocycles. The molecule has 1 aromatic carbocycles. The Morgan fingerprint density at radius 1 is 1.12 bits per heavy atom. The second-order valence-corrected chi connectivity index (χ2v) is 5.17. The lowest BCUT2D eigenvalue weighted by Crippen LogP contribution is -2.40. The summed E-state index contributed by atoms with van der Waals surface area (Å²) < 4.78 is 1.86. The van der Waals surface area contributed by atoms with Crippen molar-refractivity contribution in [3.63, 3.8) is 0 Å². The molecule has 2 N–H and O–H groups in total. The number of carbonyl (C=O) groups is 1. The van der Waals surface area contributed by atoms with Gasteiger partial charge in [-0.3, -0.25) is 18.9 Å². The van der Waals surface area contributed by atoms with Crippen molar-refractivity contribution in [1.29, 1.82) is 0 Å². The molecular weight excluding hydrogens is 314 g/mol. The van der Waals surface area contributed by atoms with Gasteiger partial charge >= 0.3 is 11.7 Å². The van der Waals surface area contributed by atoms with Crippen molar-refractivity contribution in [2.75, 3.05) is 0 Å². The fourth-order valence-corrected chi connectivity index (χ4v) is 2.23. The molecule has 2 rings (SSSR count). The smallest absolute Gasteiger partial charge is 0.335 e. The first-order chi connectivity index (χ1) is 11.3. The van der Waals surface area contributed by atoms with Crippen LogP contribution in [-0.2, 0) is 14.1 Å². The van der Waals surface area contributed by atoms with E-state index in [1.54, 1.807) is 6.92 Å². The van der Waals surface area contributed by atoms with E-state index in [2.05, 4.69) is 4.99 Å². The van der Waals surface area contributed by atoms with E-state index in [-0.39, 0.29) is 11.1 Å². The average molecular weight is 331 g/mol. The predicted molar refractivity (Wildman–Crippen MR) is 88.5 cm³/mol. The Balaban J connectivity index is 2.63. The molecule has 126 valence electrons. The lowest BCUT2D eigenvalue weighted by Gasteiger charge is -2.11. The van der Waals surface area contributed by atoms with Gasteiger partial charge in [-0.1, -0.05) is 6.92 Å². The van der Waals surface area contributed by atoms with Crippen molar-refractivity contribution in [3.8, 4) is 5.88 Å². The molecule has 8 heteroatoms. The molecule has 8 nitrogen and oxygen atoms in total. The molecule has 0 amide bonds. The van der Waals surface area contributed by atoms with Crippen LogP contribution in [-0.4, -0.2) is 31.0 Å². The minimum atomic E-state index is -1.05. The lowest BCUT2D eigenvalue weighted by atomic mass is 10.1. The Labute approximate surface area is 137 Å². The average Bonchev–Trinajstić information content (AvgIpc) is 2.57. The van der Waals surface area contributed by atoms with Gasteiger partial charge in [-0.05, 0) is 30.7 Å². The Bertz CT molecular complexity index is 936. The third kappa shape index (κ3) is 2.98. The van der Waals surface area contributed by atoms with E-state index < -0.39 is 23.1 Å². The van der Waals surface area contributed by atoms with E-state index in [1.165, 1.54) is 38.4 Å². The summed E-state index contributed by atoms with van der Waals surface area (Å²) in [5, 5.41) is 19.1. The van der Waals surface area contributed by atoms with Crippen LogP contribution in [0, 0.1) is 0 Å². The maximum Gasteiger partial charge on any atom is 0.335 e. The Kier molecular flexibility index (Phi) is 4.68. The van der Waals surface area contributed by atoms with Crippen LogP contribution in [0.15, 0.2) is 38.8 Å². The first kappa shape index (κ1) is 17.2. The van der Waals surface area contributed by atoms with Crippen LogP contribution in [0.3, 0.4) is 0 Å². The quantitative estimate of drug-likeness (QED) is 0.812. The minimum absolute atomic E-state index is 0.0515. The fourth-order valence-electron chi connectivity index (χ4n) is 2.23. The monoisotopic (exact) mass is 331 g/mol. The second kappa shape index (κ2) is 6.53. The summed E-state index contributed by atoms with van der Waals surface area (Å²) in [6.45, 7) is 1.76. The molecule has 1 heterocycles.